The van der Waals surface area contributed by atoms with Gasteiger partial charge in [0.15, 0.2) is 0 Å². The molecule has 3 aromatic heterocycles. The molecule has 0 amide bonds. The number of hydrogen-bond donors (Lipinski definition) is 3. The van der Waals surface area contributed by atoms with Crippen LogP contribution in [0.5, 0.6) is 5.88 Å². The number of hydrogen-bond acceptors (Lipinski definition) is 7. The largest absolute Gasteiger partial charge is 0.477 e. The van der Waals surface area contributed by atoms with E-state index in [1.807, 2.05) is 26.0 Å². The summed E-state index contributed by atoms with van der Waals surface area (Å²) in [6, 6.07) is 6.25. The summed E-state index contributed by atoms with van der Waals surface area (Å²) in [6.45, 7) is 11.6. The SMILES string of the molecule is CCOc1ncccc1-c1cc(NCC2CNNC2)c2c(n1)c(C)nn2C(C)C. The summed E-state index contributed by atoms with van der Waals surface area (Å²) in [5.74, 6) is 1.13. The van der Waals surface area contributed by atoms with Crippen LogP contribution in [0, 0.1) is 12.8 Å². The predicted octanol–water partition coefficient (Wildman–Crippen LogP) is 2.92. The maximum Gasteiger partial charge on any atom is 0.222 e. The third-order valence-corrected chi connectivity index (χ3v) is 5.13. The van der Waals surface area contributed by atoms with Gasteiger partial charge in [0.2, 0.25) is 5.88 Å². The van der Waals surface area contributed by atoms with E-state index < -0.39 is 0 Å². The quantitative estimate of drug-likeness (QED) is 0.567. The average Bonchev–Trinajstić information content (AvgIpc) is 3.35. The molecule has 4 heterocycles. The van der Waals surface area contributed by atoms with Crippen molar-refractivity contribution < 1.29 is 4.74 Å². The summed E-state index contributed by atoms with van der Waals surface area (Å²) in [5, 5.41) is 8.42. The van der Waals surface area contributed by atoms with Crippen molar-refractivity contribution in [1.29, 1.82) is 0 Å². The minimum atomic E-state index is 0.242. The van der Waals surface area contributed by atoms with Gasteiger partial charge in [-0.1, -0.05) is 0 Å². The maximum atomic E-state index is 5.75. The molecule has 0 aliphatic carbocycles. The molecule has 1 saturated heterocycles. The zero-order valence-electron chi connectivity index (χ0n) is 17.5. The first kappa shape index (κ1) is 19.6. The number of anilines is 1. The molecule has 0 bridgehead atoms. The summed E-state index contributed by atoms with van der Waals surface area (Å²) in [6.07, 6.45) is 1.74. The van der Waals surface area contributed by atoms with Crippen molar-refractivity contribution in [2.45, 2.75) is 33.7 Å². The maximum absolute atomic E-state index is 5.75. The first-order chi connectivity index (χ1) is 14.1. The van der Waals surface area contributed by atoms with E-state index in [-0.39, 0.29) is 6.04 Å². The molecule has 0 atom stereocenters. The van der Waals surface area contributed by atoms with E-state index in [0.29, 0.717) is 18.4 Å². The molecule has 8 heteroatoms. The van der Waals surface area contributed by atoms with Crippen molar-refractivity contribution in [3.05, 3.63) is 30.1 Å². The van der Waals surface area contributed by atoms with E-state index in [4.69, 9.17) is 14.8 Å². The lowest BCUT2D eigenvalue weighted by molar-refractivity contribution is 0.328. The van der Waals surface area contributed by atoms with Crippen LogP contribution in [-0.4, -0.2) is 46.0 Å². The Morgan fingerprint density at radius 3 is 2.83 bits per heavy atom. The fourth-order valence-electron chi connectivity index (χ4n) is 3.67. The molecule has 3 aromatic rings. The second kappa shape index (κ2) is 8.34. The van der Waals surface area contributed by atoms with Crippen LogP contribution in [0.25, 0.3) is 22.3 Å². The fourth-order valence-corrected chi connectivity index (χ4v) is 3.67. The van der Waals surface area contributed by atoms with Crippen LogP contribution >= 0.6 is 0 Å². The average molecular weight is 396 g/mol. The van der Waals surface area contributed by atoms with Gasteiger partial charge in [0.05, 0.1) is 29.2 Å². The minimum Gasteiger partial charge on any atom is -0.477 e. The molecule has 3 N–H and O–H groups in total. The van der Waals surface area contributed by atoms with Crippen molar-refractivity contribution in [1.82, 2.24) is 30.6 Å². The molecular weight excluding hydrogens is 366 g/mol. The van der Waals surface area contributed by atoms with Gasteiger partial charge >= 0.3 is 0 Å². The van der Waals surface area contributed by atoms with Crippen LogP contribution in [0.15, 0.2) is 24.4 Å². The van der Waals surface area contributed by atoms with Crippen LogP contribution in [0.1, 0.15) is 32.5 Å². The van der Waals surface area contributed by atoms with E-state index in [2.05, 4.69) is 45.7 Å². The van der Waals surface area contributed by atoms with E-state index in [1.165, 1.54) is 0 Å². The standard InChI is InChI=1S/C21H29N7O/c1-5-29-21-16(7-6-8-22-21)17-9-18(23-10-15-11-24-25-12-15)20-19(26-17)14(4)27-28(20)13(2)3/h6-9,13,15,24-25H,5,10-12H2,1-4H3,(H,23,26). The Kier molecular flexibility index (Phi) is 5.64. The topological polar surface area (TPSA) is 88.9 Å². The normalized spacial score (nSPS) is 14.8. The molecule has 0 saturated carbocycles. The van der Waals surface area contributed by atoms with E-state index in [0.717, 1.165) is 53.3 Å². The molecule has 1 fully saturated rings. The van der Waals surface area contributed by atoms with Gasteiger partial charge in [-0.25, -0.2) is 9.97 Å². The number of pyridine rings is 2. The number of aromatic nitrogens is 4. The van der Waals surface area contributed by atoms with Crippen LogP contribution < -0.4 is 20.9 Å². The number of fused-ring (bicyclic) bond motifs is 1. The summed E-state index contributed by atoms with van der Waals surface area (Å²) < 4.78 is 7.81. The lowest BCUT2D eigenvalue weighted by Gasteiger charge is -2.16. The highest BCUT2D eigenvalue weighted by Gasteiger charge is 2.20. The molecule has 0 spiro atoms. The third-order valence-electron chi connectivity index (χ3n) is 5.13. The van der Waals surface area contributed by atoms with Gasteiger partial charge in [-0.2, -0.15) is 5.10 Å². The van der Waals surface area contributed by atoms with Crippen molar-refractivity contribution in [2.24, 2.45) is 5.92 Å². The smallest absolute Gasteiger partial charge is 0.222 e. The number of ether oxygens (including phenoxy) is 1. The van der Waals surface area contributed by atoms with E-state index in [1.54, 1.807) is 6.20 Å². The van der Waals surface area contributed by atoms with E-state index >= 15 is 0 Å². The lowest BCUT2D eigenvalue weighted by atomic mass is 10.1. The first-order valence-corrected chi connectivity index (χ1v) is 10.3. The Morgan fingerprint density at radius 2 is 2.10 bits per heavy atom. The first-order valence-electron chi connectivity index (χ1n) is 10.3. The molecule has 4 rings (SSSR count). The highest BCUT2D eigenvalue weighted by atomic mass is 16.5. The van der Waals surface area contributed by atoms with Crippen molar-refractivity contribution in [3.63, 3.8) is 0 Å². The molecule has 0 radical (unpaired) electrons. The van der Waals surface area contributed by atoms with Crippen molar-refractivity contribution in [2.75, 3.05) is 31.6 Å². The van der Waals surface area contributed by atoms with Gasteiger partial charge in [-0.15, -0.1) is 0 Å². The highest BCUT2D eigenvalue weighted by molar-refractivity contribution is 5.93. The van der Waals surface area contributed by atoms with Gasteiger partial charge in [0.1, 0.15) is 11.0 Å². The number of rotatable bonds is 7. The molecular formula is C21H29N7O. The molecule has 154 valence electrons. The van der Waals surface area contributed by atoms with Gasteiger partial charge in [-0.3, -0.25) is 15.5 Å². The van der Waals surface area contributed by atoms with Crippen molar-refractivity contribution >= 4 is 16.7 Å². The fraction of sp³-hybridized carbons (Fsp3) is 0.476. The lowest BCUT2D eigenvalue weighted by Crippen LogP contribution is -2.21. The zero-order chi connectivity index (χ0) is 20.4. The Balaban J connectivity index is 1.83. The van der Waals surface area contributed by atoms with Crippen LogP contribution in [0.3, 0.4) is 0 Å². The Labute approximate surface area is 171 Å². The van der Waals surface area contributed by atoms with E-state index in [9.17, 15) is 0 Å². The second-order valence-corrected chi connectivity index (χ2v) is 7.67. The van der Waals surface area contributed by atoms with Gasteiger partial charge in [0.25, 0.3) is 0 Å². The molecule has 29 heavy (non-hydrogen) atoms. The predicted molar refractivity (Wildman–Crippen MR) is 115 cm³/mol. The monoisotopic (exact) mass is 395 g/mol. The minimum absolute atomic E-state index is 0.242. The number of nitrogens with zero attached hydrogens (tertiary/aromatic N) is 4. The highest BCUT2D eigenvalue weighted by Crippen LogP contribution is 2.34. The Bertz CT molecular complexity index is 992. The van der Waals surface area contributed by atoms with Crippen LogP contribution in [-0.2, 0) is 0 Å². The Hall–Kier alpha value is -2.71. The number of aryl methyl sites for hydroxylation is 1. The van der Waals surface area contributed by atoms with Crippen molar-refractivity contribution in [3.8, 4) is 17.1 Å². The second-order valence-electron chi connectivity index (χ2n) is 7.67. The van der Waals surface area contributed by atoms with Gasteiger partial charge < -0.3 is 10.1 Å². The Morgan fingerprint density at radius 1 is 1.31 bits per heavy atom. The van der Waals surface area contributed by atoms with Gasteiger partial charge in [0, 0.05) is 37.8 Å². The third kappa shape index (κ3) is 3.90. The molecule has 8 nitrogen and oxygen atoms in total. The van der Waals surface area contributed by atoms with Crippen LogP contribution in [0.4, 0.5) is 5.69 Å². The van der Waals surface area contributed by atoms with Crippen LogP contribution in [0.2, 0.25) is 0 Å². The summed E-state index contributed by atoms with van der Waals surface area (Å²) in [4.78, 5) is 9.36. The number of hydrazine groups is 1. The number of nitrogens with one attached hydrogen (secondary N) is 3. The summed E-state index contributed by atoms with van der Waals surface area (Å²) in [5.41, 5.74) is 12.0. The summed E-state index contributed by atoms with van der Waals surface area (Å²) in [7, 11) is 0. The molecule has 0 aromatic carbocycles. The molecule has 1 aliphatic rings. The zero-order valence-corrected chi connectivity index (χ0v) is 17.5. The molecule has 0 unspecified atom stereocenters. The molecule has 1 aliphatic heterocycles. The van der Waals surface area contributed by atoms with Gasteiger partial charge in [-0.05, 0) is 45.9 Å². The summed E-state index contributed by atoms with van der Waals surface area (Å²) >= 11 is 0.